The summed E-state index contributed by atoms with van der Waals surface area (Å²) in [6, 6.07) is -3.35. The van der Waals surface area contributed by atoms with Crippen LogP contribution in [0.5, 0.6) is 0 Å². The minimum atomic E-state index is -1.12. The number of rotatable bonds is 9. The van der Waals surface area contributed by atoms with Gasteiger partial charge in [-0.3, -0.25) is 19.2 Å². The highest BCUT2D eigenvalue weighted by molar-refractivity contribution is 5.95. The van der Waals surface area contributed by atoms with E-state index in [-0.39, 0.29) is 12.5 Å². The lowest BCUT2D eigenvalue weighted by atomic mass is 10.1. The molecule has 12 heteroatoms. The fourth-order valence-electron chi connectivity index (χ4n) is 4.29. The Labute approximate surface area is 205 Å². The van der Waals surface area contributed by atoms with Crippen LogP contribution < -0.4 is 10.6 Å². The largest absolute Gasteiger partial charge is 0.463 e. The number of carbonyl (C=O) groups excluding carboxylic acids is 6. The van der Waals surface area contributed by atoms with Gasteiger partial charge in [0.15, 0.2) is 6.10 Å². The molecule has 0 saturated carbocycles. The van der Waals surface area contributed by atoms with Crippen LogP contribution in [-0.4, -0.2) is 95.3 Å². The lowest BCUT2D eigenvalue weighted by molar-refractivity contribution is -0.167. The first-order chi connectivity index (χ1) is 16.5. The quantitative estimate of drug-likeness (QED) is 0.405. The Bertz CT molecular complexity index is 847. The minimum absolute atomic E-state index is 0.146. The molecule has 4 amide bonds. The van der Waals surface area contributed by atoms with Gasteiger partial charge in [-0.25, -0.2) is 9.59 Å². The summed E-state index contributed by atoms with van der Waals surface area (Å²) in [5, 5.41) is 5.21. The molecule has 2 fully saturated rings. The van der Waals surface area contributed by atoms with Crippen molar-refractivity contribution in [1.82, 2.24) is 20.4 Å². The molecule has 2 N–H and O–H groups in total. The van der Waals surface area contributed by atoms with Crippen molar-refractivity contribution in [2.75, 3.05) is 19.7 Å². The van der Waals surface area contributed by atoms with Crippen LogP contribution >= 0.6 is 0 Å². The molecular formula is C23H36N4O8. The third-order valence-corrected chi connectivity index (χ3v) is 6.15. The molecule has 196 valence electrons. The number of ether oxygens (including phenoxy) is 2. The zero-order valence-corrected chi connectivity index (χ0v) is 21.0. The molecule has 2 aliphatic heterocycles. The maximum Gasteiger partial charge on any atom is 0.347 e. The van der Waals surface area contributed by atoms with Crippen molar-refractivity contribution in [1.29, 1.82) is 0 Å². The number of nitrogens with zero attached hydrogens (tertiary/aromatic N) is 2. The van der Waals surface area contributed by atoms with Crippen molar-refractivity contribution < 1.29 is 38.2 Å². The molecule has 2 rings (SSSR count). The molecular weight excluding hydrogens is 460 g/mol. The topological polar surface area (TPSA) is 151 Å². The van der Waals surface area contributed by atoms with Crippen molar-refractivity contribution in [3.63, 3.8) is 0 Å². The summed E-state index contributed by atoms with van der Waals surface area (Å²) < 4.78 is 9.83. The molecule has 2 heterocycles. The number of likely N-dealkylation sites (tertiary alicyclic amines) is 2. The van der Waals surface area contributed by atoms with Crippen molar-refractivity contribution in [3.05, 3.63) is 0 Å². The Balaban J connectivity index is 1.92. The lowest BCUT2D eigenvalue weighted by Gasteiger charge is -2.29. The van der Waals surface area contributed by atoms with Crippen LogP contribution in [-0.2, 0) is 38.2 Å². The number of esters is 2. The van der Waals surface area contributed by atoms with Gasteiger partial charge in [0.05, 0.1) is 6.61 Å². The number of hydrogen-bond donors (Lipinski definition) is 2. The highest BCUT2D eigenvalue weighted by atomic mass is 16.6. The molecule has 5 atom stereocenters. The number of carbonyl (C=O) groups is 6. The minimum Gasteiger partial charge on any atom is -0.463 e. The molecule has 0 aromatic heterocycles. The highest BCUT2D eigenvalue weighted by Crippen LogP contribution is 2.20. The lowest BCUT2D eigenvalue weighted by Crippen LogP contribution is -2.56. The Morgan fingerprint density at radius 3 is 1.89 bits per heavy atom. The fourth-order valence-corrected chi connectivity index (χ4v) is 4.29. The summed E-state index contributed by atoms with van der Waals surface area (Å²) >= 11 is 0. The molecule has 0 aromatic rings. The van der Waals surface area contributed by atoms with E-state index in [0.29, 0.717) is 38.8 Å². The maximum atomic E-state index is 13.0. The summed E-state index contributed by atoms with van der Waals surface area (Å²) in [6.45, 7) is 8.35. The molecule has 2 saturated heterocycles. The predicted molar refractivity (Wildman–Crippen MR) is 123 cm³/mol. The first-order valence-corrected chi connectivity index (χ1v) is 12.0. The van der Waals surface area contributed by atoms with Crippen LogP contribution in [0.3, 0.4) is 0 Å². The molecule has 12 nitrogen and oxygen atoms in total. The smallest absolute Gasteiger partial charge is 0.347 e. The predicted octanol–water partition coefficient (Wildman–Crippen LogP) is -0.507. The number of hydrogen-bond acceptors (Lipinski definition) is 8. The van der Waals surface area contributed by atoms with Crippen LogP contribution in [0.4, 0.5) is 0 Å². The molecule has 0 aromatic carbocycles. The average molecular weight is 497 g/mol. The SMILES string of the molecule is CCOC(=O)[C@H](C)OC(=O)[C@H](C)NC(=O)[C@@H]1CCCN1C(=O)[C@H](C)NC(=O)[C@@H]1CCCN1C(C)=O. The highest BCUT2D eigenvalue weighted by Gasteiger charge is 2.39. The van der Waals surface area contributed by atoms with Gasteiger partial charge in [0.2, 0.25) is 23.6 Å². The Hall–Kier alpha value is -3.18. The van der Waals surface area contributed by atoms with Gasteiger partial charge < -0.3 is 29.9 Å². The molecule has 0 aliphatic carbocycles. The van der Waals surface area contributed by atoms with Crippen LogP contribution in [0.15, 0.2) is 0 Å². The Morgan fingerprint density at radius 2 is 1.34 bits per heavy atom. The van der Waals surface area contributed by atoms with Crippen molar-refractivity contribution in [3.8, 4) is 0 Å². The van der Waals surface area contributed by atoms with Crippen molar-refractivity contribution in [2.24, 2.45) is 0 Å². The Kier molecular flexibility index (Phi) is 10.0. The van der Waals surface area contributed by atoms with Crippen LogP contribution in [0.1, 0.15) is 60.3 Å². The zero-order valence-electron chi connectivity index (χ0n) is 21.0. The first-order valence-electron chi connectivity index (χ1n) is 12.0. The number of amides is 4. The third-order valence-electron chi connectivity index (χ3n) is 6.15. The molecule has 0 unspecified atom stereocenters. The fraction of sp³-hybridized carbons (Fsp3) is 0.739. The van der Waals surface area contributed by atoms with Gasteiger partial charge in [-0.05, 0) is 53.4 Å². The van der Waals surface area contributed by atoms with Gasteiger partial charge in [0.1, 0.15) is 24.2 Å². The van der Waals surface area contributed by atoms with Gasteiger partial charge in [-0.1, -0.05) is 0 Å². The zero-order chi connectivity index (χ0) is 26.3. The van der Waals surface area contributed by atoms with Crippen molar-refractivity contribution in [2.45, 2.75) is 90.6 Å². The molecule has 0 radical (unpaired) electrons. The normalized spacial score (nSPS) is 22.1. The molecule has 35 heavy (non-hydrogen) atoms. The molecule has 2 aliphatic rings. The van der Waals surface area contributed by atoms with E-state index in [4.69, 9.17) is 9.47 Å². The van der Waals surface area contributed by atoms with Gasteiger partial charge in [-0.2, -0.15) is 0 Å². The second kappa shape index (κ2) is 12.5. The summed E-state index contributed by atoms with van der Waals surface area (Å²) in [6.07, 6.45) is 1.12. The van der Waals surface area contributed by atoms with E-state index in [9.17, 15) is 28.8 Å². The molecule has 0 bridgehead atoms. The average Bonchev–Trinajstić information content (AvgIpc) is 3.48. The van der Waals surface area contributed by atoms with E-state index in [1.165, 1.54) is 37.5 Å². The first kappa shape index (κ1) is 28.1. The second-order valence-corrected chi connectivity index (χ2v) is 8.85. The van der Waals surface area contributed by atoms with Crippen LogP contribution in [0.2, 0.25) is 0 Å². The maximum absolute atomic E-state index is 13.0. The van der Waals surface area contributed by atoms with Gasteiger partial charge in [0.25, 0.3) is 0 Å². The van der Waals surface area contributed by atoms with Crippen molar-refractivity contribution >= 4 is 35.6 Å². The van der Waals surface area contributed by atoms with E-state index in [1.54, 1.807) is 6.92 Å². The molecule has 0 spiro atoms. The Morgan fingerprint density at radius 1 is 0.829 bits per heavy atom. The monoisotopic (exact) mass is 496 g/mol. The summed E-state index contributed by atoms with van der Waals surface area (Å²) in [5.74, 6) is -3.03. The third kappa shape index (κ3) is 7.15. The van der Waals surface area contributed by atoms with E-state index < -0.39 is 59.9 Å². The summed E-state index contributed by atoms with van der Waals surface area (Å²) in [5.41, 5.74) is 0. The van der Waals surface area contributed by atoms with E-state index in [1.807, 2.05) is 0 Å². The summed E-state index contributed by atoms with van der Waals surface area (Å²) in [7, 11) is 0. The van der Waals surface area contributed by atoms with E-state index >= 15 is 0 Å². The second-order valence-electron chi connectivity index (χ2n) is 8.85. The van der Waals surface area contributed by atoms with Crippen LogP contribution in [0.25, 0.3) is 0 Å². The van der Waals surface area contributed by atoms with Gasteiger partial charge >= 0.3 is 11.9 Å². The van der Waals surface area contributed by atoms with E-state index in [0.717, 1.165) is 0 Å². The van der Waals surface area contributed by atoms with Crippen LogP contribution in [0, 0.1) is 0 Å². The standard InChI is InChI=1S/C23H36N4O8/c1-6-34-23(33)15(4)35-22(32)14(3)25-20(30)18-10-8-12-27(18)21(31)13(2)24-19(29)17-9-7-11-26(17)16(5)28/h13-15,17-18H,6-12H2,1-5H3,(H,24,29)(H,25,30)/t13-,14-,15-,17-,18-/m0/s1. The number of nitrogens with one attached hydrogen (secondary N) is 2. The summed E-state index contributed by atoms with van der Waals surface area (Å²) in [4.78, 5) is 77.0. The van der Waals surface area contributed by atoms with E-state index in [2.05, 4.69) is 10.6 Å². The van der Waals surface area contributed by atoms with Gasteiger partial charge in [-0.15, -0.1) is 0 Å². The van der Waals surface area contributed by atoms with Gasteiger partial charge in [0, 0.05) is 20.0 Å².